The summed E-state index contributed by atoms with van der Waals surface area (Å²) in [5, 5.41) is 5.03. The van der Waals surface area contributed by atoms with E-state index in [1.54, 1.807) is 0 Å². The summed E-state index contributed by atoms with van der Waals surface area (Å²) in [6.07, 6.45) is 20.6. The van der Waals surface area contributed by atoms with Crippen LogP contribution in [0.2, 0.25) is 0 Å². The third kappa shape index (κ3) is 8.40. The Kier molecular flexibility index (Phi) is 10.4. The zero-order valence-corrected chi connectivity index (χ0v) is 27.3. The predicted octanol–water partition coefficient (Wildman–Crippen LogP) is 13.2. The van der Waals surface area contributed by atoms with Crippen LogP contribution in [-0.2, 0) is 12.8 Å². The van der Waals surface area contributed by atoms with Gasteiger partial charge in [0.1, 0.15) is 0 Å². The van der Waals surface area contributed by atoms with Crippen molar-refractivity contribution < 1.29 is 0 Å². The fourth-order valence-corrected chi connectivity index (χ4v) is 5.91. The highest BCUT2D eigenvalue weighted by atomic mass is 14.0. The van der Waals surface area contributed by atoms with Crippen LogP contribution in [0, 0.1) is 0 Å². The van der Waals surface area contributed by atoms with Gasteiger partial charge in [-0.15, -0.1) is 0 Å². The molecule has 46 heavy (non-hydrogen) atoms. The molecule has 0 saturated heterocycles. The second kappa shape index (κ2) is 15.4. The van der Waals surface area contributed by atoms with Gasteiger partial charge in [-0.3, -0.25) is 0 Å². The maximum Gasteiger partial charge on any atom is -0.0178 e. The van der Waals surface area contributed by atoms with Crippen molar-refractivity contribution >= 4 is 58.0 Å². The van der Waals surface area contributed by atoms with Crippen molar-refractivity contribution in [3.8, 4) is 0 Å². The van der Waals surface area contributed by atoms with E-state index in [1.807, 2.05) is 0 Å². The van der Waals surface area contributed by atoms with Gasteiger partial charge in [-0.05, 0) is 116 Å². The molecule has 0 aliphatic heterocycles. The van der Waals surface area contributed by atoms with E-state index in [4.69, 9.17) is 0 Å². The monoisotopic (exact) mass is 596 g/mol. The molecule has 6 aromatic carbocycles. The molecule has 0 amide bonds. The molecule has 0 bridgehead atoms. The van der Waals surface area contributed by atoms with Crippen LogP contribution in [0.5, 0.6) is 0 Å². The molecule has 0 spiro atoms. The molecule has 0 saturated carbocycles. The zero-order chi connectivity index (χ0) is 31.6. The Morgan fingerprint density at radius 1 is 0.326 bits per heavy atom. The molecule has 6 aromatic rings. The van der Waals surface area contributed by atoms with Crippen LogP contribution in [0.25, 0.3) is 58.0 Å². The van der Waals surface area contributed by atoms with E-state index < -0.39 is 0 Å². The second-order valence-corrected chi connectivity index (χ2v) is 12.4. The molecule has 0 heteroatoms. The normalized spacial score (nSPS) is 12.0. The van der Waals surface area contributed by atoms with Gasteiger partial charge in [0.25, 0.3) is 0 Å². The van der Waals surface area contributed by atoms with E-state index in [0.29, 0.717) is 0 Å². The Labute approximate surface area is 275 Å². The van der Waals surface area contributed by atoms with Crippen LogP contribution in [0.15, 0.2) is 121 Å². The Morgan fingerprint density at radius 3 is 0.870 bits per heavy atom. The first-order valence-electron chi connectivity index (χ1n) is 16.9. The average molecular weight is 597 g/mol. The van der Waals surface area contributed by atoms with Gasteiger partial charge in [0, 0.05) is 0 Å². The maximum atomic E-state index is 2.27. The lowest BCUT2D eigenvalue weighted by Crippen LogP contribution is -1.84. The van der Waals surface area contributed by atoms with Crippen molar-refractivity contribution in [1.29, 1.82) is 0 Å². The molecule has 0 radical (unpaired) electrons. The van der Waals surface area contributed by atoms with E-state index >= 15 is 0 Å². The second-order valence-electron chi connectivity index (χ2n) is 12.4. The lowest BCUT2D eigenvalue weighted by molar-refractivity contribution is 0.795. The fourth-order valence-electron chi connectivity index (χ4n) is 5.91. The summed E-state index contributed by atoms with van der Waals surface area (Å²) in [6.45, 7) is 4.49. The van der Waals surface area contributed by atoms with Gasteiger partial charge in [-0.2, -0.15) is 0 Å². The molecule has 0 N–H and O–H groups in total. The first kappa shape index (κ1) is 31.1. The predicted molar refractivity (Wildman–Crippen MR) is 205 cm³/mol. The minimum absolute atomic E-state index is 1.17. The van der Waals surface area contributed by atoms with Crippen molar-refractivity contribution in [1.82, 2.24) is 0 Å². The van der Waals surface area contributed by atoms with Gasteiger partial charge in [0.15, 0.2) is 0 Å². The van der Waals surface area contributed by atoms with Crippen LogP contribution < -0.4 is 0 Å². The van der Waals surface area contributed by atoms with Crippen LogP contribution in [0.4, 0.5) is 0 Å². The maximum absolute atomic E-state index is 2.27. The van der Waals surface area contributed by atoms with Gasteiger partial charge in [-0.1, -0.05) is 160 Å². The topological polar surface area (TPSA) is 0 Å². The van der Waals surface area contributed by atoms with Crippen molar-refractivity contribution in [3.05, 3.63) is 166 Å². The van der Waals surface area contributed by atoms with Crippen molar-refractivity contribution in [2.75, 3.05) is 0 Å². The Balaban J connectivity index is 1.09. The van der Waals surface area contributed by atoms with Crippen molar-refractivity contribution in [3.63, 3.8) is 0 Å². The molecule has 0 aliphatic carbocycles. The minimum Gasteiger partial charge on any atom is -0.0654 e. The highest BCUT2D eigenvalue weighted by Gasteiger charge is 2.00. The molecule has 6 rings (SSSR count). The minimum atomic E-state index is 1.17. The molecule has 0 atom stereocenters. The summed E-state index contributed by atoms with van der Waals surface area (Å²) in [4.78, 5) is 0. The first-order valence-corrected chi connectivity index (χ1v) is 16.9. The molecular weight excluding hydrogens is 553 g/mol. The van der Waals surface area contributed by atoms with E-state index in [9.17, 15) is 0 Å². The number of hydrogen-bond acceptors (Lipinski definition) is 0. The largest absolute Gasteiger partial charge is 0.0654 e. The highest BCUT2D eigenvalue weighted by Crippen LogP contribution is 2.23. The molecular formula is C46H44. The summed E-state index contributed by atoms with van der Waals surface area (Å²) in [5.41, 5.74) is 10.2. The van der Waals surface area contributed by atoms with Gasteiger partial charge in [0.2, 0.25) is 0 Å². The Bertz CT molecular complexity index is 1840. The lowest BCUT2D eigenvalue weighted by atomic mass is 10.0. The molecule has 0 nitrogen and oxygen atoms in total. The summed E-state index contributed by atoms with van der Waals surface area (Å²) in [5.74, 6) is 0. The van der Waals surface area contributed by atoms with Crippen LogP contribution in [-0.4, -0.2) is 0 Å². The van der Waals surface area contributed by atoms with Crippen molar-refractivity contribution in [2.45, 2.75) is 52.4 Å². The molecule has 0 unspecified atom stereocenters. The quantitative estimate of drug-likeness (QED) is 0.123. The van der Waals surface area contributed by atoms with Gasteiger partial charge >= 0.3 is 0 Å². The smallest absolute Gasteiger partial charge is 0.0178 e. The van der Waals surface area contributed by atoms with Crippen LogP contribution in [0.3, 0.4) is 0 Å². The van der Waals surface area contributed by atoms with E-state index in [1.165, 1.54) is 105 Å². The molecule has 0 heterocycles. The Hall–Kier alpha value is -4.94. The molecule has 228 valence electrons. The highest BCUT2D eigenvalue weighted by molar-refractivity contribution is 5.91. The Morgan fingerprint density at radius 2 is 0.587 bits per heavy atom. The molecule has 0 fully saturated rings. The number of aryl methyl sites for hydroxylation is 2. The summed E-state index contributed by atoms with van der Waals surface area (Å²) in [6, 6.07) is 44.7. The molecule has 0 aliphatic rings. The lowest BCUT2D eigenvalue weighted by Gasteiger charge is -2.04. The molecule has 0 aromatic heterocycles. The zero-order valence-electron chi connectivity index (χ0n) is 27.3. The van der Waals surface area contributed by atoms with Gasteiger partial charge < -0.3 is 0 Å². The summed E-state index contributed by atoms with van der Waals surface area (Å²) in [7, 11) is 0. The third-order valence-electron chi connectivity index (χ3n) is 8.78. The average Bonchev–Trinajstić information content (AvgIpc) is 3.11. The van der Waals surface area contributed by atoms with Gasteiger partial charge in [-0.25, -0.2) is 0 Å². The summed E-state index contributed by atoms with van der Waals surface area (Å²) < 4.78 is 0. The number of unbranched alkanes of at least 4 members (excludes halogenated alkanes) is 2. The number of hydrogen-bond donors (Lipinski definition) is 0. The van der Waals surface area contributed by atoms with E-state index in [2.05, 4.69) is 172 Å². The van der Waals surface area contributed by atoms with E-state index in [-0.39, 0.29) is 0 Å². The fraction of sp³-hybridized carbons (Fsp3) is 0.174. The van der Waals surface area contributed by atoms with Crippen LogP contribution in [0.1, 0.15) is 84.0 Å². The van der Waals surface area contributed by atoms with Gasteiger partial charge in [0.05, 0.1) is 0 Å². The first-order chi connectivity index (χ1) is 22.6. The number of rotatable bonds is 12. The standard InChI is InChI=1S/C46H44/c1-3-5-7-35-9-13-37(14-10-35)17-19-39-23-27-45-33-41(25-29-43(45)31-39)21-22-42-26-30-44-32-40(24-28-46(44)34-42)20-18-38-15-11-36(12-16-38)8-6-4-2/h9-34H,3-8H2,1-2H3/b19-17+,20-18+,22-21+. The SMILES string of the molecule is CCCCc1ccc(/C=C/c2ccc3cc(/C=C/c4ccc5cc(/C=C/c6ccc(CCCC)cc6)ccc5c4)ccc3c2)cc1. The van der Waals surface area contributed by atoms with Crippen LogP contribution >= 0.6 is 0 Å². The number of fused-ring (bicyclic) bond motifs is 2. The van der Waals surface area contributed by atoms with E-state index in [0.717, 1.165) is 0 Å². The van der Waals surface area contributed by atoms with Crippen molar-refractivity contribution in [2.24, 2.45) is 0 Å². The number of benzene rings is 6. The summed E-state index contributed by atoms with van der Waals surface area (Å²) >= 11 is 0. The third-order valence-corrected chi connectivity index (χ3v) is 8.78.